The number of nitrogens with two attached hydrogens (primary N) is 1. The number of nitrogens with zero attached hydrogens (tertiary/aromatic N) is 2. The van der Waals surface area contributed by atoms with Gasteiger partial charge in [0, 0.05) is 12.1 Å². The predicted octanol–water partition coefficient (Wildman–Crippen LogP) is 0.621. The molecule has 0 saturated carbocycles. The monoisotopic (exact) mass is 245 g/mol. The van der Waals surface area contributed by atoms with Gasteiger partial charge in [-0.3, -0.25) is 9.48 Å². The summed E-state index contributed by atoms with van der Waals surface area (Å²) in [5.74, 6) is -0.0852. The van der Waals surface area contributed by atoms with E-state index in [2.05, 4.69) is 5.10 Å². The molecule has 0 aliphatic heterocycles. The molecule has 1 aromatic heterocycles. The Hall–Kier alpha value is -1.37. The van der Waals surface area contributed by atoms with Gasteiger partial charge in [-0.1, -0.05) is 6.92 Å². The van der Waals surface area contributed by atoms with Crippen LogP contribution in [0.1, 0.15) is 37.3 Å². The molecule has 0 unspecified atom stereocenters. The van der Waals surface area contributed by atoms with Crippen molar-refractivity contribution >= 4 is 20.8 Å². The first-order chi connectivity index (χ1) is 7.29. The molecule has 0 spiro atoms. The van der Waals surface area contributed by atoms with Crippen LogP contribution in [0.5, 0.6) is 0 Å². The van der Waals surface area contributed by atoms with E-state index in [9.17, 15) is 13.2 Å². The molecule has 0 saturated heterocycles. The smallest absolute Gasteiger partial charge is 0.294 e. The highest BCUT2D eigenvalue weighted by Gasteiger charge is 2.26. The number of hydrogen-bond acceptors (Lipinski definition) is 5. The van der Waals surface area contributed by atoms with Gasteiger partial charge in [-0.05, 0) is 13.8 Å². The van der Waals surface area contributed by atoms with Crippen molar-refractivity contribution in [2.24, 2.45) is 0 Å². The van der Waals surface area contributed by atoms with E-state index in [4.69, 9.17) is 5.73 Å². The van der Waals surface area contributed by atoms with Gasteiger partial charge < -0.3 is 5.73 Å². The predicted molar refractivity (Wildman–Crippen MR) is 60.8 cm³/mol. The van der Waals surface area contributed by atoms with Crippen molar-refractivity contribution in [1.29, 1.82) is 0 Å². The lowest BCUT2D eigenvalue weighted by atomic mass is 10.3. The van der Waals surface area contributed by atoms with E-state index in [1.54, 1.807) is 13.8 Å². The second-order valence-electron chi connectivity index (χ2n) is 3.68. The molecule has 1 aromatic rings. The van der Waals surface area contributed by atoms with Crippen LogP contribution in [-0.4, -0.2) is 29.1 Å². The molecular formula is C9H15N3O3S. The van der Waals surface area contributed by atoms with E-state index < -0.39 is 15.0 Å². The Bertz CT molecular complexity index is 502. The second-order valence-corrected chi connectivity index (χ2v) is 5.86. The summed E-state index contributed by atoms with van der Waals surface area (Å²) in [5.41, 5.74) is 5.48. The molecule has 0 amide bonds. The van der Waals surface area contributed by atoms with Gasteiger partial charge in [-0.2, -0.15) is 5.10 Å². The van der Waals surface area contributed by atoms with Gasteiger partial charge in [-0.25, -0.2) is 8.42 Å². The number of aromatic nitrogens is 2. The number of carbonyl (C=O) groups excluding carboxylic acids is 1. The second kappa shape index (κ2) is 4.25. The van der Waals surface area contributed by atoms with E-state index >= 15 is 0 Å². The fraction of sp³-hybridized carbons (Fsp3) is 0.556. The SMILES string of the molecule is CCS(=O)(=O)C(=O)c1cc(N)nn1C(C)C. The molecule has 0 aliphatic rings. The highest BCUT2D eigenvalue weighted by Crippen LogP contribution is 2.15. The first-order valence-electron chi connectivity index (χ1n) is 4.91. The lowest BCUT2D eigenvalue weighted by Gasteiger charge is -2.09. The topological polar surface area (TPSA) is 95.1 Å². The molecule has 0 aliphatic carbocycles. The standard InChI is InChI=1S/C9H15N3O3S/c1-4-16(14,15)9(13)7-5-8(10)11-12(7)6(2)3/h5-6H,4H2,1-3H3,(H2,10,11). The van der Waals surface area contributed by atoms with Crippen LogP contribution in [0.15, 0.2) is 6.07 Å². The van der Waals surface area contributed by atoms with Gasteiger partial charge in [0.25, 0.3) is 5.12 Å². The molecule has 6 nitrogen and oxygen atoms in total. The minimum absolute atomic E-state index is 0.0225. The van der Waals surface area contributed by atoms with Crippen molar-refractivity contribution in [3.63, 3.8) is 0 Å². The van der Waals surface area contributed by atoms with Crippen molar-refractivity contribution in [2.75, 3.05) is 11.5 Å². The van der Waals surface area contributed by atoms with Gasteiger partial charge in [-0.15, -0.1) is 0 Å². The number of nitrogen functional groups attached to an aromatic ring is 1. The van der Waals surface area contributed by atoms with Gasteiger partial charge in [0.15, 0.2) is 0 Å². The van der Waals surface area contributed by atoms with Crippen molar-refractivity contribution in [3.05, 3.63) is 11.8 Å². The lowest BCUT2D eigenvalue weighted by Crippen LogP contribution is -2.21. The molecule has 2 N–H and O–H groups in total. The molecular weight excluding hydrogens is 230 g/mol. The quantitative estimate of drug-likeness (QED) is 0.842. The first-order valence-corrected chi connectivity index (χ1v) is 6.57. The summed E-state index contributed by atoms with van der Waals surface area (Å²) in [5, 5.41) is 2.96. The summed E-state index contributed by atoms with van der Waals surface area (Å²) in [7, 11) is -3.75. The molecule has 1 rings (SSSR count). The zero-order chi connectivity index (χ0) is 12.5. The zero-order valence-electron chi connectivity index (χ0n) is 9.47. The van der Waals surface area contributed by atoms with Gasteiger partial charge in [0.2, 0.25) is 9.84 Å². The van der Waals surface area contributed by atoms with Crippen LogP contribution in [0, 0.1) is 0 Å². The molecule has 0 aromatic carbocycles. The first kappa shape index (κ1) is 12.7. The number of rotatable bonds is 3. The number of anilines is 1. The summed E-state index contributed by atoms with van der Waals surface area (Å²) in [6.07, 6.45) is 0. The maximum absolute atomic E-state index is 11.7. The van der Waals surface area contributed by atoms with Crippen LogP contribution < -0.4 is 5.73 Å². The molecule has 0 radical (unpaired) electrons. The Kier molecular flexibility index (Phi) is 3.37. The Balaban J connectivity index is 3.29. The van der Waals surface area contributed by atoms with Gasteiger partial charge in [0.05, 0.1) is 5.75 Å². The van der Waals surface area contributed by atoms with Crippen molar-refractivity contribution < 1.29 is 13.2 Å². The Morgan fingerprint density at radius 2 is 2.12 bits per heavy atom. The average Bonchev–Trinajstić information content (AvgIpc) is 2.59. The summed E-state index contributed by atoms with van der Waals surface area (Å²) >= 11 is 0. The Morgan fingerprint density at radius 3 is 2.56 bits per heavy atom. The van der Waals surface area contributed by atoms with Crippen molar-refractivity contribution in [2.45, 2.75) is 26.8 Å². The minimum atomic E-state index is -3.75. The van der Waals surface area contributed by atoms with Crippen LogP contribution in [0.25, 0.3) is 0 Å². The minimum Gasteiger partial charge on any atom is -0.382 e. The van der Waals surface area contributed by atoms with Crippen LogP contribution in [0.3, 0.4) is 0 Å². The molecule has 7 heteroatoms. The summed E-state index contributed by atoms with van der Waals surface area (Å²) < 4.78 is 24.2. The third kappa shape index (κ3) is 2.24. The van der Waals surface area contributed by atoms with E-state index in [1.807, 2.05) is 0 Å². The lowest BCUT2D eigenvalue weighted by molar-refractivity contribution is 0.106. The normalized spacial score (nSPS) is 12.0. The van der Waals surface area contributed by atoms with Gasteiger partial charge >= 0.3 is 0 Å². The van der Waals surface area contributed by atoms with Crippen LogP contribution >= 0.6 is 0 Å². The maximum atomic E-state index is 11.7. The molecule has 16 heavy (non-hydrogen) atoms. The summed E-state index contributed by atoms with van der Waals surface area (Å²) in [4.78, 5) is 11.7. The van der Waals surface area contributed by atoms with E-state index in [0.29, 0.717) is 0 Å². The Morgan fingerprint density at radius 1 is 1.56 bits per heavy atom. The summed E-state index contributed by atoms with van der Waals surface area (Å²) in [6.45, 7) is 5.01. The maximum Gasteiger partial charge on any atom is 0.294 e. The largest absolute Gasteiger partial charge is 0.382 e. The van der Waals surface area contributed by atoms with E-state index in [0.717, 1.165) is 0 Å². The fourth-order valence-electron chi connectivity index (χ4n) is 1.25. The van der Waals surface area contributed by atoms with Crippen LogP contribution in [0.4, 0.5) is 5.82 Å². The highest BCUT2D eigenvalue weighted by atomic mass is 32.2. The summed E-state index contributed by atoms with van der Waals surface area (Å²) in [6, 6.07) is 1.17. The van der Waals surface area contributed by atoms with E-state index in [1.165, 1.54) is 17.7 Å². The van der Waals surface area contributed by atoms with Crippen LogP contribution in [-0.2, 0) is 9.84 Å². The van der Waals surface area contributed by atoms with E-state index in [-0.39, 0.29) is 23.3 Å². The third-order valence-electron chi connectivity index (χ3n) is 2.12. The fourth-order valence-corrected chi connectivity index (χ4v) is 1.98. The molecule has 90 valence electrons. The number of carbonyl (C=O) groups is 1. The molecule has 0 bridgehead atoms. The van der Waals surface area contributed by atoms with Gasteiger partial charge in [0.1, 0.15) is 11.5 Å². The molecule has 0 atom stereocenters. The van der Waals surface area contributed by atoms with Crippen molar-refractivity contribution in [1.82, 2.24) is 9.78 Å². The Labute approximate surface area is 94.4 Å². The highest BCUT2D eigenvalue weighted by molar-refractivity contribution is 8.06. The zero-order valence-corrected chi connectivity index (χ0v) is 10.3. The van der Waals surface area contributed by atoms with Crippen LogP contribution in [0.2, 0.25) is 0 Å². The molecule has 1 heterocycles. The molecule has 0 fully saturated rings. The number of sulfone groups is 1. The average molecular weight is 245 g/mol. The number of hydrogen-bond donors (Lipinski definition) is 1. The third-order valence-corrected chi connectivity index (χ3v) is 3.65. The van der Waals surface area contributed by atoms with Crippen molar-refractivity contribution in [3.8, 4) is 0 Å².